The molecule has 0 radical (unpaired) electrons. The number of unbranched alkanes of at least 4 members (excludes halogenated alkanes) is 12. The molecule has 0 heterocycles. The first-order valence-corrected chi connectivity index (χ1v) is 13.2. The lowest BCUT2D eigenvalue weighted by Gasteiger charge is -2.13. The maximum absolute atomic E-state index is 10.5. The first-order valence-electron chi connectivity index (χ1n) is 13.2. The van der Waals surface area contributed by atoms with E-state index >= 15 is 0 Å². The Morgan fingerprint density at radius 2 is 1.06 bits per heavy atom. The molecule has 5 nitrogen and oxygen atoms in total. The predicted molar refractivity (Wildman–Crippen MR) is 134 cm³/mol. The molecular weight excluding hydrogens is 416 g/mol. The molecule has 0 amide bonds. The highest BCUT2D eigenvalue weighted by Gasteiger charge is 2.06. The highest BCUT2D eigenvalue weighted by atomic mass is 16.5. The van der Waals surface area contributed by atoms with Crippen molar-refractivity contribution in [3.8, 4) is 5.75 Å². The number of carboxylic acids is 2. The maximum atomic E-state index is 10.5. The summed E-state index contributed by atoms with van der Waals surface area (Å²) < 4.78 is 5.73. The number of hydrogen-bond acceptors (Lipinski definition) is 3. The molecule has 0 spiro atoms. The molecule has 2 N–H and O–H groups in total. The van der Waals surface area contributed by atoms with E-state index < -0.39 is 11.9 Å². The van der Waals surface area contributed by atoms with Crippen molar-refractivity contribution in [2.24, 2.45) is 0 Å². The molecule has 0 bridgehead atoms. The number of rotatable bonds is 22. The number of carboxylic acid groups (broad SMARTS) is 2. The quantitative estimate of drug-likeness (QED) is 0.173. The molecule has 0 aliphatic carbocycles. The largest absolute Gasteiger partial charge is 0.494 e. The molecule has 1 aromatic rings. The Morgan fingerprint density at radius 3 is 1.52 bits per heavy atom. The van der Waals surface area contributed by atoms with Crippen LogP contribution in [0, 0.1) is 0 Å². The number of carbonyl (C=O) groups is 2. The van der Waals surface area contributed by atoms with Crippen LogP contribution in [-0.4, -0.2) is 28.8 Å². The van der Waals surface area contributed by atoms with Gasteiger partial charge in [-0.05, 0) is 68.7 Å². The summed E-state index contributed by atoms with van der Waals surface area (Å²) in [6.07, 6.45) is 18.4. The van der Waals surface area contributed by atoms with Gasteiger partial charge in [0, 0.05) is 12.8 Å². The van der Waals surface area contributed by atoms with Gasteiger partial charge in [0.15, 0.2) is 0 Å². The molecule has 188 valence electrons. The van der Waals surface area contributed by atoms with Crippen molar-refractivity contribution < 1.29 is 24.5 Å². The van der Waals surface area contributed by atoms with Crippen LogP contribution in [-0.2, 0) is 22.4 Å². The van der Waals surface area contributed by atoms with Gasteiger partial charge in [0.2, 0.25) is 0 Å². The predicted octanol–water partition coefficient (Wildman–Crippen LogP) is 7.58. The van der Waals surface area contributed by atoms with E-state index in [9.17, 15) is 9.59 Å². The zero-order chi connectivity index (χ0) is 24.2. The molecule has 0 atom stereocenters. The molecule has 0 unspecified atom stereocenters. The third-order valence-corrected chi connectivity index (χ3v) is 6.16. The van der Waals surface area contributed by atoms with E-state index in [0.29, 0.717) is 19.4 Å². The van der Waals surface area contributed by atoms with Gasteiger partial charge >= 0.3 is 11.9 Å². The van der Waals surface area contributed by atoms with Crippen LogP contribution in [0.2, 0.25) is 0 Å². The maximum Gasteiger partial charge on any atom is 0.303 e. The summed E-state index contributed by atoms with van der Waals surface area (Å²) >= 11 is 0. The summed E-state index contributed by atoms with van der Waals surface area (Å²) in [5, 5.41) is 17.4. The van der Waals surface area contributed by atoms with Crippen molar-refractivity contribution in [2.75, 3.05) is 6.61 Å². The monoisotopic (exact) mass is 462 g/mol. The van der Waals surface area contributed by atoms with Crippen LogP contribution >= 0.6 is 0 Å². The van der Waals surface area contributed by atoms with Gasteiger partial charge in [0.1, 0.15) is 5.75 Å². The minimum Gasteiger partial charge on any atom is -0.494 e. The number of aryl methyl sites for hydroxylation is 2. The first-order chi connectivity index (χ1) is 16.0. The van der Waals surface area contributed by atoms with Crippen molar-refractivity contribution in [1.29, 1.82) is 0 Å². The van der Waals surface area contributed by atoms with Crippen molar-refractivity contribution in [3.05, 3.63) is 29.3 Å². The van der Waals surface area contributed by atoms with E-state index in [0.717, 1.165) is 57.1 Å². The SMILES string of the molecule is CCOc1ccc(CCCCCCCCCC(=O)O)c(CCCCCCCCCC(=O)O)c1. The van der Waals surface area contributed by atoms with Crippen molar-refractivity contribution in [3.63, 3.8) is 0 Å². The van der Waals surface area contributed by atoms with Crippen LogP contribution < -0.4 is 4.74 Å². The summed E-state index contributed by atoms with van der Waals surface area (Å²) in [6.45, 7) is 2.71. The molecule has 0 aromatic heterocycles. The average molecular weight is 463 g/mol. The highest BCUT2D eigenvalue weighted by Crippen LogP contribution is 2.23. The molecule has 33 heavy (non-hydrogen) atoms. The Labute approximate surface area is 200 Å². The fourth-order valence-electron chi connectivity index (χ4n) is 4.29. The third kappa shape index (κ3) is 16.3. The standard InChI is InChI=1S/C28H46O5/c1-2-33-26-22-21-24(17-13-9-5-3-7-11-15-19-27(29)30)25(23-26)18-14-10-6-4-8-12-16-20-28(31)32/h21-23H,2-20H2,1H3,(H,29,30)(H,31,32). The van der Waals surface area contributed by atoms with E-state index in [2.05, 4.69) is 18.2 Å². The van der Waals surface area contributed by atoms with Gasteiger partial charge in [0.25, 0.3) is 0 Å². The zero-order valence-corrected chi connectivity index (χ0v) is 20.8. The van der Waals surface area contributed by atoms with E-state index in [-0.39, 0.29) is 0 Å². The zero-order valence-electron chi connectivity index (χ0n) is 20.8. The van der Waals surface area contributed by atoms with Crippen molar-refractivity contribution in [2.45, 2.75) is 122 Å². The fraction of sp³-hybridized carbons (Fsp3) is 0.714. The van der Waals surface area contributed by atoms with Crippen LogP contribution in [0.5, 0.6) is 5.75 Å². The second kappa shape index (κ2) is 19.4. The fourth-order valence-corrected chi connectivity index (χ4v) is 4.29. The van der Waals surface area contributed by atoms with Gasteiger partial charge in [-0.3, -0.25) is 9.59 Å². The summed E-state index contributed by atoms with van der Waals surface area (Å²) in [4.78, 5) is 21.1. The van der Waals surface area contributed by atoms with Crippen LogP contribution in [0.3, 0.4) is 0 Å². The number of hydrogen-bond donors (Lipinski definition) is 2. The molecule has 0 saturated carbocycles. The van der Waals surface area contributed by atoms with Gasteiger partial charge in [-0.15, -0.1) is 0 Å². The molecule has 0 fully saturated rings. The van der Waals surface area contributed by atoms with Crippen LogP contribution in [0.25, 0.3) is 0 Å². The molecule has 0 aliphatic rings. The van der Waals surface area contributed by atoms with Crippen LogP contribution in [0.1, 0.15) is 121 Å². The topological polar surface area (TPSA) is 83.8 Å². The van der Waals surface area contributed by atoms with Gasteiger partial charge in [-0.1, -0.05) is 70.3 Å². The lowest BCUT2D eigenvalue weighted by atomic mass is 9.96. The Balaban J connectivity index is 2.27. The Bertz CT molecular complexity index is 656. The Morgan fingerprint density at radius 1 is 0.636 bits per heavy atom. The third-order valence-electron chi connectivity index (χ3n) is 6.16. The number of benzene rings is 1. The average Bonchev–Trinajstić information content (AvgIpc) is 2.77. The summed E-state index contributed by atoms with van der Waals surface area (Å²) in [5.41, 5.74) is 2.88. The van der Waals surface area contributed by atoms with E-state index in [1.165, 1.54) is 62.5 Å². The van der Waals surface area contributed by atoms with Crippen molar-refractivity contribution in [1.82, 2.24) is 0 Å². The van der Waals surface area contributed by atoms with Gasteiger partial charge in [-0.2, -0.15) is 0 Å². The second-order valence-electron chi connectivity index (χ2n) is 9.10. The normalized spacial score (nSPS) is 10.9. The molecule has 0 saturated heterocycles. The van der Waals surface area contributed by atoms with Gasteiger partial charge < -0.3 is 14.9 Å². The molecule has 1 rings (SSSR count). The van der Waals surface area contributed by atoms with Crippen LogP contribution in [0.15, 0.2) is 18.2 Å². The van der Waals surface area contributed by atoms with Gasteiger partial charge in [-0.25, -0.2) is 0 Å². The Hall–Kier alpha value is -2.04. The molecule has 5 heteroatoms. The minimum absolute atomic E-state index is 0.297. The van der Waals surface area contributed by atoms with E-state index in [1.54, 1.807) is 0 Å². The summed E-state index contributed by atoms with van der Waals surface area (Å²) in [7, 11) is 0. The molecule has 0 aliphatic heterocycles. The van der Waals surface area contributed by atoms with Gasteiger partial charge in [0.05, 0.1) is 6.61 Å². The minimum atomic E-state index is -0.687. The highest BCUT2D eigenvalue weighted by molar-refractivity contribution is 5.66. The summed E-state index contributed by atoms with van der Waals surface area (Å²) in [6, 6.07) is 6.57. The smallest absolute Gasteiger partial charge is 0.303 e. The lowest BCUT2D eigenvalue weighted by Crippen LogP contribution is -1.99. The number of aliphatic carboxylic acids is 2. The number of ether oxygens (including phenoxy) is 1. The van der Waals surface area contributed by atoms with E-state index in [1.807, 2.05) is 6.92 Å². The summed E-state index contributed by atoms with van der Waals surface area (Å²) in [5.74, 6) is -0.404. The Kier molecular flexibility index (Phi) is 17.1. The van der Waals surface area contributed by atoms with Crippen molar-refractivity contribution >= 4 is 11.9 Å². The first kappa shape index (κ1) is 29.0. The molecule has 1 aromatic carbocycles. The van der Waals surface area contributed by atoms with Crippen LogP contribution in [0.4, 0.5) is 0 Å². The molecular formula is C28H46O5. The van der Waals surface area contributed by atoms with E-state index in [4.69, 9.17) is 14.9 Å². The lowest BCUT2D eigenvalue weighted by molar-refractivity contribution is -0.138. The second-order valence-corrected chi connectivity index (χ2v) is 9.10.